The van der Waals surface area contributed by atoms with Crippen LogP contribution in [0.5, 0.6) is 0 Å². The summed E-state index contributed by atoms with van der Waals surface area (Å²) in [4.78, 5) is 13.1. The average Bonchev–Trinajstić information content (AvgIpc) is 3.19. The van der Waals surface area contributed by atoms with Crippen LogP contribution in [-0.4, -0.2) is 36.5 Å². The Bertz CT molecular complexity index is 554. The topological polar surface area (TPSA) is 55.8 Å². The monoisotopic (exact) mass is 364 g/mol. The molecular formula is C22H36O4. The first-order chi connectivity index (χ1) is 12.4. The fourth-order valence-corrected chi connectivity index (χ4v) is 7.25. The van der Waals surface area contributed by atoms with E-state index in [-0.39, 0.29) is 17.4 Å². The summed E-state index contributed by atoms with van der Waals surface area (Å²) in [5.74, 6) is 1.85. The standard InChI is InChI=1S/C22H36O4/c1-15-4-8-20(2,19(24)14-15)17-5-9-21(3)18(16(17)7-11-23)6-10-22(21)25-12-13-26-22/h15-18,23H,4-14H2,1-3H3/t15-,16+,17?,18?,20+,21-/m0/s1. The summed E-state index contributed by atoms with van der Waals surface area (Å²) in [6.45, 7) is 8.39. The van der Waals surface area contributed by atoms with Crippen molar-refractivity contribution >= 4 is 5.78 Å². The van der Waals surface area contributed by atoms with Gasteiger partial charge < -0.3 is 14.6 Å². The van der Waals surface area contributed by atoms with Gasteiger partial charge >= 0.3 is 0 Å². The number of hydrogen-bond donors (Lipinski definition) is 1. The fraction of sp³-hybridized carbons (Fsp3) is 0.955. The molecule has 3 aliphatic carbocycles. The van der Waals surface area contributed by atoms with Crippen LogP contribution in [0.3, 0.4) is 0 Å². The van der Waals surface area contributed by atoms with Gasteiger partial charge in [-0.2, -0.15) is 0 Å². The Morgan fingerprint density at radius 2 is 1.73 bits per heavy atom. The third kappa shape index (κ3) is 2.55. The van der Waals surface area contributed by atoms with Crippen LogP contribution in [0.25, 0.3) is 0 Å². The van der Waals surface area contributed by atoms with Crippen molar-refractivity contribution in [2.75, 3.05) is 19.8 Å². The van der Waals surface area contributed by atoms with E-state index in [1.54, 1.807) is 0 Å². The van der Waals surface area contributed by atoms with E-state index in [1.165, 1.54) is 0 Å². The molecule has 0 bridgehead atoms. The summed E-state index contributed by atoms with van der Waals surface area (Å²) >= 11 is 0. The molecule has 1 heterocycles. The molecule has 2 unspecified atom stereocenters. The number of ketones is 1. The van der Waals surface area contributed by atoms with Gasteiger partial charge in [0, 0.05) is 30.3 Å². The number of carbonyl (C=O) groups is 1. The Morgan fingerprint density at radius 3 is 2.38 bits per heavy atom. The molecule has 1 spiro atoms. The molecular weight excluding hydrogens is 328 g/mol. The highest BCUT2D eigenvalue weighted by Crippen LogP contribution is 2.66. The maximum atomic E-state index is 13.1. The fourth-order valence-electron chi connectivity index (χ4n) is 7.25. The summed E-state index contributed by atoms with van der Waals surface area (Å²) in [5, 5.41) is 9.84. The van der Waals surface area contributed by atoms with Crippen molar-refractivity contribution in [3.05, 3.63) is 0 Å². The van der Waals surface area contributed by atoms with Crippen LogP contribution in [0.1, 0.15) is 72.1 Å². The maximum Gasteiger partial charge on any atom is 0.174 e. The molecule has 26 heavy (non-hydrogen) atoms. The van der Waals surface area contributed by atoms with Crippen molar-refractivity contribution in [3.63, 3.8) is 0 Å². The SMILES string of the molecule is C[C@H]1CC[C@](C)(C2CC[C@@]3(C)C(CCC34OCCO4)[C@@H]2CCO)C(=O)C1. The smallest absolute Gasteiger partial charge is 0.174 e. The third-order valence-corrected chi connectivity index (χ3v) is 8.84. The molecule has 4 rings (SSSR count). The first-order valence-electron chi connectivity index (χ1n) is 10.8. The van der Waals surface area contributed by atoms with E-state index in [0.717, 1.165) is 51.4 Å². The molecule has 4 aliphatic rings. The Labute approximate surface area is 158 Å². The molecule has 0 amide bonds. The highest BCUT2D eigenvalue weighted by Gasteiger charge is 2.66. The number of Topliss-reactive ketones (excluding diaryl/α,β-unsaturated/α-hetero) is 1. The van der Waals surface area contributed by atoms with Crippen molar-refractivity contribution in [2.24, 2.45) is 34.5 Å². The van der Waals surface area contributed by atoms with Crippen molar-refractivity contribution in [2.45, 2.75) is 77.9 Å². The van der Waals surface area contributed by atoms with Crippen LogP contribution in [0, 0.1) is 34.5 Å². The van der Waals surface area contributed by atoms with Gasteiger partial charge in [-0.25, -0.2) is 0 Å². The lowest BCUT2D eigenvalue weighted by Gasteiger charge is -2.55. The van der Waals surface area contributed by atoms with Gasteiger partial charge in [0.2, 0.25) is 0 Å². The van der Waals surface area contributed by atoms with Crippen LogP contribution in [-0.2, 0) is 14.3 Å². The van der Waals surface area contributed by atoms with Gasteiger partial charge in [-0.05, 0) is 62.2 Å². The van der Waals surface area contributed by atoms with Crippen LogP contribution in [0.15, 0.2) is 0 Å². The zero-order valence-electron chi connectivity index (χ0n) is 16.8. The second-order valence-corrected chi connectivity index (χ2v) is 10.0. The van der Waals surface area contributed by atoms with Crippen molar-refractivity contribution in [1.29, 1.82) is 0 Å². The van der Waals surface area contributed by atoms with Gasteiger partial charge in [0.05, 0.1) is 13.2 Å². The minimum atomic E-state index is -0.414. The first kappa shape index (κ1) is 18.9. The van der Waals surface area contributed by atoms with Crippen molar-refractivity contribution in [1.82, 2.24) is 0 Å². The zero-order valence-corrected chi connectivity index (χ0v) is 16.8. The Hall–Kier alpha value is -0.450. The molecule has 1 N–H and O–H groups in total. The molecule has 0 aromatic heterocycles. The minimum Gasteiger partial charge on any atom is -0.396 e. The van der Waals surface area contributed by atoms with Crippen LogP contribution in [0.4, 0.5) is 0 Å². The van der Waals surface area contributed by atoms with E-state index < -0.39 is 5.79 Å². The summed E-state index contributed by atoms with van der Waals surface area (Å²) < 4.78 is 12.4. The molecule has 4 fully saturated rings. The Balaban J connectivity index is 1.64. The molecule has 6 atom stereocenters. The molecule has 148 valence electrons. The number of aliphatic hydroxyl groups excluding tert-OH is 1. The normalized spacial score (nSPS) is 48.1. The summed E-state index contributed by atoms with van der Waals surface area (Å²) in [6.07, 6.45) is 7.90. The predicted molar refractivity (Wildman–Crippen MR) is 99.5 cm³/mol. The van der Waals surface area contributed by atoms with Gasteiger partial charge in [-0.3, -0.25) is 4.79 Å². The van der Waals surface area contributed by atoms with Gasteiger partial charge in [0.1, 0.15) is 5.78 Å². The van der Waals surface area contributed by atoms with Gasteiger partial charge in [0.25, 0.3) is 0 Å². The summed E-state index contributed by atoms with van der Waals surface area (Å²) in [7, 11) is 0. The van der Waals surface area contributed by atoms with E-state index in [4.69, 9.17) is 9.47 Å². The van der Waals surface area contributed by atoms with Gasteiger partial charge in [-0.15, -0.1) is 0 Å². The third-order valence-electron chi connectivity index (χ3n) is 8.84. The van der Waals surface area contributed by atoms with E-state index in [9.17, 15) is 9.90 Å². The minimum absolute atomic E-state index is 0.0151. The lowest BCUT2D eigenvalue weighted by Crippen LogP contribution is -2.55. The van der Waals surface area contributed by atoms with E-state index >= 15 is 0 Å². The maximum absolute atomic E-state index is 13.1. The molecule has 1 aliphatic heterocycles. The van der Waals surface area contributed by atoms with E-state index in [2.05, 4.69) is 20.8 Å². The largest absolute Gasteiger partial charge is 0.396 e. The number of hydrogen-bond acceptors (Lipinski definition) is 4. The molecule has 0 aromatic carbocycles. The second kappa shape index (κ2) is 6.56. The van der Waals surface area contributed by atoms with E-state index in [1.807, 2.05) is 0 Å². The molecule has 0 radical (unpaired) electrons. The second-order valence-electron chi connectivity index (χ2n) is 10.0. The van der Waals surface area contributed by atoms with Gasteiger partial charge in [0.15, 0.2) is 5.79 Å². The van der Waals surface area contributed by atoms with Crippen molar-refractivity contribution < 1.29 is 19.4 Å². The quantitative estimate of drug-likeness (QED) is 0.824. The first-order valence-corrected chi connectivity index (χ1v) is 10.8. The Morgan fingerprint density at radius 1 is 1.04 bits per heavy atom. The number of rotatable bonds is 3. The number of ether oxygens (including phenoxy) is 2. The predicted octanol–water partition coefficient (Wildman–Crippen LogP) is 3.95. The number of fused-ring (bicyclic) bond motifs is 2. The average molecular weight is 365 g/mol. The lowest BCUT2D eigenvalue weighted by atomic mass is 9.50. The van der Waals surface area contributed by atoms with E-state index in [0.29, 0.717) is 42.7 Å². The van der Waals surface area contributed by atoms with Gasteiger partial charge in [-0.1, -0.05) is 20.8 Å². The molecule has 0 aromatic rings. The molecule has 3 saturated carbocycles. The highest BCUT2D eigenvalue weighted by atomic mass is 16.7. The van der Waals surface area contributed by atoms with Crippen LogP contribution in [0.2, 0.25) is 0 Å². The zero-order chi connectivity index (χ0) is 18.6. The van der Waals surface area contributed by atoms with Crippen LogP contribution >= 0.6 is 0 Å². The summed E-state index contributed by atoms with van der Waals surface area (Å²) in [5.41, 5.74) is -0.192. The summed E-state index contributed by atoms with van der Waals surface area (Å²) in [6, 6.07) is 0. The highest BCUT2D eigenvalue weighted by molar-refractivity contribution is 5.85. The molecule has 4 heteroatoms. The Kier molecular flexibility index (Phi) is 4.77. The molecule has 4 nitrogen and oxygen atoms in total. The lowest BCUT2D eigenvalue weighted by molar-refractivity contribution is -0.242. The molecule has 1 saturated heterocycles. The van der Waals surface area contributed by atoms with Crippen molar-refractivity contribution in [3.8, 4) is 0 Å². The number of aliphatic hydroxyl groups is 1. The number of carbonyl (C=O) groups excluding carboxylic acids is 1. The van der Waals surface area contributed by atoms with Crippen LogP contribution < -0.4 is 0 Å².